The number of halogens is 1. The second-order valence-corrected chi connectivity index (χ2v) is 8.24. The van der Waals surface area contributed by atoms with Crippen LogP contribution in [0, 0.1) is 11.7 Å². The highest BCUT2D eigenvalue weighted by atomic mass is 19.1. The third kappa shape index (κ3) is 2.81. The number of nitrogens with zero attached hydrogens (tertiary/aromatic N) is 1. The molecule has 1 spiro atoms. The molecule has 2 aromatic rings. The van der Waals surface area contributed by atoms with Gasteiger partial charge in [0.2, 0.25) is 11.8 Å². The lowest BCUT2D eigenvalue weighted by Crippen LogP contribution is -2.53. The van der Waals surface area contributed by atoms with Crippen molar-refractivity contribution in [2.75, 3.05) is 31.4 Å². The van der Waals surface area contributed by atoms with E-state index >= 15 is 0 Å². The lowest BCUT2D eigenvalue weighted by atomic mass is 9.78. The third-order valence-corrected chi connectivity index (χ3v) is 6.81. The highest BCUT2D eigenvalue weighted by Gasteiger charge is 2.65. The van der Waals surface area contributed by atoms with Gasteiger partial charge in [0.15, 0.2) is 0 Å². The first-order valence-corrected chi connectivity index (χ1v) is 10.4. The molecule has 0 bridgehead atoms. The number of ether oxygens (including phenoxy) is 2. The first kappa shape index (κ1) is 19.8. The van der Waals surface area contributed by atoms with E-state index < -0.39 is 17.3 Å². The highest BCUT2D eigenvalue weighted by Crippen LogP contribution is 2.55. The first-order chi connectivity index (χ1) is 15.0. The maximum Gasteiger partial charge on any atom is 0.250 e. The van der Waals surface area contributed by atoms with Crippen LogP contribution in [0.15, 0.2) is 36.4 Å². The van der Waals surface area contributed by atoms with Crippen LogP contribution in [-0.2, 0) is 15.1 Å². The molecule has 7 nitrogen and oxygen atoms in total. The van der Waals surface area contributed by atoms with Gasteiger partial charge < -0.3 is 20.1 Å². The van der Waals surface area contributed by atoms with Gasteiger partial charge in [0, 0.05) is 23.4 Å². The van der Waals surface area contributed by atoms with Crippen molar-refractivity contribution in [2.45, 2.75) is 30.8 Å². The quantitative estimate of drug-likeness (QED) is 0.787. The minimum atomic E-state index is -1.21. The van der Waals surface area contributed by atoms with Crippen molar-refractivity contribution >= 4 is 23.2 Å². The number of carbonyl (C=O) groups is 2. The van der Waals surface area contributed by atoms with Crippen LogP contribution in [0.3, 0.4) is 0 Å². The molecule has 2 aromatic carbocycles. The Kier molecular flexibility index (Phi) is 4.62. The average Bonchev–Trinajstić information content (AvgIpc) is 3.42. The van der Waals surface area contributed by atoms with Gasteiger partial charge >= 0.3 is 0 Å². The summed E-state index contributed by atoms with van der Waals surface area (Å²) >= 11 is 0. The van der Waals surface area contributed by atoms with Gasteiger partial charge in [0.05, 0.1) is 25.8 Å². The Bertz CT molecular complexity index is 1070. The largest absolute Gasteiger partial charge is 0.497 e. The van der Waals surface area contributed by atoms with Crippen LogP contribution >= 0.6 is 0 Å². The summed E-state index contributed by atoms with van der Waals surface area (Å²) in [5.74, 6) is -0.598. The Morgan fingerprint density at radius 1 is 1.23 bits per heavy atom. The van der Waals surface area contributed by atoms with Crippen LogP contribution in [0.4, 0.5) is 15.8 Å². The SMILES string of the molecule is COc1ccc(OC)c(NC(=O)C2CC3CCCN3C23C(=O)Nc2ccc(F)cc23)c1. The maximum absolute atomic E-state index is 14.2. The Morgan fingerprint density at radius 2 is 2.06 bits per heavy atom. The summed E-state index contributed by atoms with van der Waals surface area (Å²) < 4.78 is 24.9. The first-order valence-electron chi connectivity index (χ1n) is 10.4. The van der Waals surface area contributed by atoms with E-state index in [-0.39, 0.29) is 17.9 Å². The van der Waals surface area contributed by atoms with Crippen LogP contribution in [0.25, 0.3) is 0 Å². The molecule has 0 saturated carbocycles. The van der Waals surface area contributed by atoms with E-state index in [9.17, 15) is 14.0 Å². The standard InChI is InChI=1S/C23H24FN3O4/c1-30-15-6-8-20(31-2)19(12-15)25-21(28)17-11-14-4-3-9-27(14)23(17)16-10-13(24)5-7-18(16)26-22(23)29/h5-8,10,12,14,17H,3-4,9,11H2,1-2H3,(H,25,28)(H,26,29). The van der Waals surface area contributed by atoms with Crippen LogP contribution < -0.4 is 20.1 Å². The molecule has 0 aromatic heterocycles. The average molecular weight is 425 g/mol. The topological polar surface area (TPSA) is 79.9 Å². The molecule has 2 N–H and O–H groups in total. The van der Waals surface area contributed by atoms with E-state index in [0.29, 0.717) is 41.4 Å². The van der Waals surface area contributed by atoms with Crippen molar-refractivity contribution in [3.63, 3.8) is 0 Å². The van der Waals surface area contributed by atoms with Gasteiger partial charge in [0.25, 0.3) is 0 Å². The van der Waals surface area contributed by atoms with Gasteiger partial charge in [-0.3, -0.25) is 14.5 Å². The van der Waals surface area contributed by atoms with E-state index in [2.05, 4.69) is 15.5 Å². The monoisotopic (exact) mass is 425 g/mol. The number of nitrogens with one attached hydrogen (secondary N) is 2. The minimum absolute atomic E-state index is 0.0999. The maximum atomic E-state index is 14.2. The van der Waals surface area contributed by atoms with Crippen molar-refractivity contribution in [1.82, 2.24) is 4.90 Å². The number of methoxy groups -OCH3 is 2. The van der Waals surface area contributed by atoms with Gasteiger partial charge in [-0.1, -0.05) is 0 Å². The fourth-order valence-electron chi connectivity index (χ4n) is 5.53. The molecule has 8 heteroatoms. The van der Waals surface area contributed by atoms with E-state index in [1.165, 1.54) is 19.2 Å². The molecule has 2 amide bonds. The molecule has 31 heavy (non-hydrogen) atoms. The van der Waals surface area contributed by atoms with Crippen molar-refractivity contribution < 1.29 is 23.5 Å². The number of fused-ring (bicyclic) bond motifs is 4. The summed E-state index contributed by atoms with van der Waals surface area (Å²) in [6.07, 6.45) is 2.38. The number of amides is 2. The van der Waals surface area contributed by atoms with Crippen LogP contribution in [0.5, 0.6) is 11.5 Å². The fourth-order valence-corrected chi connectivity index (χ4v) is 5.53. The molecule has 0 aliphatic carbocycles. The van der Waals surface area contributed by atoms with Crippen LogP contribution in [0.1, 0.15) is 24.8 Å². The van der Waals surface area contributed by atoms with Crippen LogP contribution in [-0.4, -0.2) is 43.5 Å². The zero-order valence-corrected chi connectivity index (χ0v) is 17.4. The molecular formula is C23H24FN3O4. The fraction of sp³-hybridized carbons (Fsp3) is 0.391. The summed E-state index contributed by atoms with van der Waals surface area (Å²) in [4.78, 5) is 29.1. The van der Waals surface area contributed by atoms with Crippen LogP contribution in [0.2, 0.25) is 0 Å². The van der Waals surface area contributed by atoms with E-state index in [1.807, 2.05) is 0 Å². The Labute approximate surface area is 179 Å². The number of hydrogen-bond acceptors (Lipinski definition) is 5. The molecule has 3 unspecified atom stereocenters. The summed E-state index contributed by atoms with van der Waals surface area (Å²) in [6.45, 7) is 0.695. The molecule has 3 atom stereocenters. The van der Waals surface area contributed by atoms with Gasteiger partial charge in [-0.25, -0.2) is 4.39 Å². The predicted octanol–water partition coefficient (Wildman–Crippen LogP) is 3.11. The molecular weight excluding hydrogens is 401 g/mol. The molecule has 5 rings (SSSR count). The number of rotatable bonds is 4. The molecule has 2 saturated heterocycles. The van der Waals surface area contributed by atoms with Crippen molar-refractivity contribution in [3.05, 3.63) is 47.8 Å². The molecule has 3 aliphatic rings. The number of hydrogen-bond donors (Lipinski definition) is 2. The summed E-state index contributed by atoms with van der Waals surface area (Å²) in [5.41, 5.74) is 0.358. The molecule has 3 heterocycles. The second-order valence-electron chi connectivity index (χ2n) is 8.24. The zero-order valence-electron chi connectivity index (χ0n) is 17.4. The Balaban J connectivity index is 1.57. The minimum Gasteiger partial charge on any atom is -0.497 e. The zero-order chi connectivity index (χ0) is 21.8. The van der Waals surface area contributed by atoms with Crippen molar-refractivity contribution in [2.24, 2.45) is 5.92 Å². The molecule has 3 aliphatic heterocycles. The smallest absolute Gasteiger partial charge is 0.250 e. The normalized spacial score (nSPS) is 26.5. The van der Waals surface area contributed by atoms with E-state index in [1.54, 1.807) is 31.4 Å². The lowest BCUT2D eigenvalue weighted by molar-refractivity contribution is -0.135. The van der Waals surface area contributed by atoms with Crippen molar-refractivity contribution in [1.29, 1.82) is 0 Å². The van der Waals surface area contributed by atoms with Gasteiger partial charge in [-0.2, -0.15) is 0 Å². The van der Waals surface area contributed by atoms with E-state index in [4.69, 9.17) is 9.47 Å². The Morgan fingerprint density at radius 3 is 2.84 bits per heavy atom. The summed E-state index contributed by atoms with van der Waals surface area (Å²) in [7, 11) is 3.07. The number of anilines is 2. The van der Waals surface area contributed by atoms with E-state index in [0.717, 1.165) is 12.8 Å². The number of carbonyl (C=O) groups excluding carboxylic acids is 2. The summed E-state index contributed by atoms with van der Waals surface area (Å²) in [5, 5.41) is 5.83. The van der Waals surface area contributed by atoms with Gasteiger partial charge in [-0.15, -0.1) is 0 Å². The highest BCUT2D eigenvalue weighted by molar-refractivity contribution is 6.10. The summed E-state index contributed by atoms with van der Waals surface area (Å²) in [6, 6.07) is 9.52. The number of benzene rings is 2. The van der Waals surface area contributed by atoms with Crippen molar-refractivity contribution in [3.8, 4) is 11.5 Å². The lowest BCUT2D eigenvalue weighted by Gasteiger charge is -2.36. The second kappa shape index (κ2) is 7.23. The molecule has 162 valence electrons. The third-order valence-electron chi connectivity index (χ3n) is 6.81. The molecule has 2 fully saturated rings. The molecule has 0 radical (unpaired) electrons. The van der Waals surface area contributed by atoms with Gasteiger partial charge in [-0.05, 0) is 56.1 Å². The predicted molar refractivity (Wildman–Crippen MR) is 113 cm³/mol. The Hall–Kier alpha value is -3.13. The van der Waals surface area contributed by atoms with Gasteiger partial charge in [0.1, 0.15) is 22.9 Å².